The second-order valence-corrected chi connectivity index (χ2v) is 6.97. The summed E-state index contributed by atoms with van der Waals surface area (Å²) in [6.45, 7) is 1.94. The van der Waals surface area contributed by atoms with Crippen LogP contribution in [0.1, 0.15) is 5.69 Å². The van der Waals surface area contributed by atoms with E-state index in [-0.39, 0.29) is 28.8 Å². The number of rotatable bonds is 3. The molecule has 0 atom stereocenters. The van der Waals surface area contributed by atoms with Gasteiger partial charge in [-0.05, 0) is 42.9 Å². The molecule has 0 saturated heterocycles. The van der Waals surface area contributed by atoms with Gasteiger partial charge in [0.1, 0.15) is 5.82 Å². The van der Waals surface area contributed by atoms with Crippen molar-refractivity contribution in [1.29, 1.82) is 0 Å². The number of pyridine rings is 1. The van der Waals surface area contributed by atoms with Crippen LogP contribution in [0.25, 0.3) is 33.8 Å². The van der Waals surface area contributed by atoms with Crippen LogP contribution in [0.15, 0.2) is 97.1 Å². The number of nitrogens with zero attached hydrogens (tertiary/aromatic N) is 3. The molecule has 32 heavy (non-hydrogen) atoms. The fourth-order valence-electron chi connectivity index (χ4n) is 3.23. The number of benzene rings is 1. The molecule has 0 spiro atoms. The zero-order valence-corrected chi connectivity index (χ0v) is 18.5. The van der Waals surface area contributed by atoms with Gasteiger partial charge in [-0.2, -0.15) is 30.3 Å². The van der Waals surface area contributed by atoms with Crippen LogP contribution in [-0.2, 0) is 17.1 Å². The third kappa shape index (κ3) is 5.55. The Morgan fingerprint density at radius 3 is 2.09 bits per heavy atom. The van der Waals surface area contributed by atoms with E-state index < -0.39 is 0 Å². The molecule has 0 amide bonds. The Morgan fingerprint density at radius 2 is 1.50 bits per heavy atom. The van der Waals surface area contributed by atoms with Gasteiger partial charge in [-0.3, -0.25) is 4.98 Å². The molecule has 6 heteroatoms. The van der Waals surface area contributed by atoms with Gasteiger partial charge in [0, 0.05) is 16.8 Å². The molecule has 0 fully saturated rings. The average molecular weight is 464 g/mol. The van der Waals surface area contributed by atoms with Crippen molar-refractivity contribution in [3.05, 3.63) is 109 Å². The van der Waals surface area contributed by atoms with Crippen LogP contribution >= 0.6 is 0 Å². The molecule has 3 aromatic carbocycles. The van der Waals surface area contributed by atoms with Gasteiger partial charge in [0.05, 0.1) is 11.4 Å². The van der Waals surface area contributed by atoms with Gasteiger partial charge >= 0.3 is 17.1 Å². The van der Waals surface area contributed by atoms with Crippen molar-refractivity contribution in [2.75, 3.05) is 5.73 Å². The van der Waals surface area contributed by atoms with Gasteiger partial charge in [0.25, 0.3) is 0 Å². The van der Waals surface area contributed by atoms with Crippen LogP contribution in [0, 0.1) is 12.7 Å². The number of hydrogen-bond donors (Lipinski definition) is 1. The van der Waals surface area contributed by atoms with E-state index in [1.165, 1.54) is 12.1 Å². The Balaban J connectivity index is 0.000000427. The van der Waals surface area contributed by atoms with E-state index in [4.69, 9.17) is 5.73 Å². The Kier molecular flexibility index (Phi) is 7.66. The molecular weight excluding hydrogens is 443 g/mol. The monoisotopic (exact) mass is 464 g/mol. The van der Waals surface area contributed by atoms with Gasteiger partial charge in [-0.1, -0.05) is 11.6 Å². The van der Waals surface area contributed by atoms with Crippen molar-refractivity contribution in [1.82, 2.24) is 15.0 Å². The molecule has 5 rings (SSSR count). The molecular formula is C26H21FFeN4. The normalized spacial score (nSPS) is 10.1. The third-order valence-electron chi connectivity index (χ3n) is 4.76. The molecule has 5 aromatic rings. The minimum Gasteiger partial charge on any atom is -0.368 e. The molecule has 0 saturated carbocycles. The average Bonchev–Trinajstić information content (AvgIpc) is 3.50. The van der Waals surface area contributed by atoms with Crippen molar-refractivity contribution in [3.8, 4) is 33.8 Å². The van der Waals surface area contributed by atoms with Gasteiger partial charge in [0.2, 0.25) is 5.95 Å². The van der Waals surface area contributed by atoms with Gasteiger partial charge < -0.3 is 5.73 Å². The summed E-state index contributed by atoms with van der Waals surface area (Å²) in [5, 5.41) is 0. The molecule has 0 unspecified atom stereocenters. The van der Waals surface area contributed by atoms with E-state index in [0.717, 1.165) is 28.1 Å². The van der Waals surface area contributed by atoms with Crippen LogP contribution in [0.2, 0.25) is 0 Å². The van der Waals surface area contributed by atoms with Crippen LogP contribution in [0.3, 0.4) is 0 Å². The first kappa shape index (κ1) is 23.1. The number of aromatic nitrogens is 3. The van der Waals surface area contributed by atoms with Crippen molar-refractivity contribution >= 4 is 5.95 Å². The zero-order valence-electron chi connectivity index (χ0n) is 17.4. The minimum absolute atomic E-state index is 0. The Morgan fingerprint density at radius 1 is 0.844 bits per heavy atom. The maximum atomic E-state index is 13.2. The molecule has 160 valence electrons. The smallest absolute Gasteiger partial charge is 0.368 e. The molecule has 0 bridgehead atoms. The van der Waals surface area contributed by atoms with E-state index in [9.17, 15) is 4.39 Å². The largest absolute Gasteiger partial charge is 2.00 e. The van der Waals surface area contributed by atoms with Gasteiger partial charge in [-0.15, -0.1) is 18.2 Å². The minimum atomic E-state index is -0.292. The summed E-state index contributed by atoms with van der Waals surface area (Å²) in [4.78, 5) is 13.3. The molecule has 2 heterocycles. The molecule has 0 aliphatic carbocycles. The van der Waals surface area contributed by atoms with E-state index in [1.807, 2.05) is 79.7 Å². The topological polar surface area (TPSA) is 64.7 Å². The first-order valence-corrected chi connectivity index (χ1v) is 9.87. The van der Waals surface area contributed by atoms with Gasteiger partial charge in [0.15, 0.2) is 0 Å². The van der Waals surface area contributed by atoms with Crippen molar-refractivity contribution in [2.24, 2.45) is 0 Å². The standard InChI is InChI=1S/C21H16FN4.C5H5.Fe/c1-13-17(10-11-18(24-13)14-4-2-3-5-14)20-12-19(25-21(23)26-20)15-6-8-16(22)9-7-15;1-2-4-5-3-1;/h2-12H,1H3,(H2,23,25,26);1-5H;/q2*-1;+2. The molecule has 2 aromatic heterocycles. The summed E-state index contributed by atoms with van der Waals surface area (Å²) in [5.41, 5.74) is 11.8. The number of anilines is 1. The molecule has 2 N–H and O–H groups in total. The number of halogens is 1. The van der Waals surface area contributed by atoms with Gasteiger partial charge in [-0.25, -0.2) is 26.5 Å². The second kappa shape index (κ2) is 10.6. The van der Waals surface area contributed by atoms with E-state index >= 15 is 0 Å². The van der Waals surface area contributed by atoms with Crippen LogP contribution in [0.5, 0.6) is 0 Å². The maximum Gasteiger partial charge on any atom is 2.00 e. The summed E-state index contributed by atoms with van der Waals surface area (Å²) in [7, 11) is 0. The van der Waals surface area contributed by atoms with E-state index in [1.54, 1.807) is 12.1 Å². The fourth-order valence-corrected chi connectivity index (χ4v) is 3.23. The van der Waals surface area contributed by atoms with Crippen LogP contribution in [0.4, 0.5) is 10.3 Å². The molecule has 0 aliphatic heterocycles. The summed E-state index contributed by atoms with van der Waals surface area (Å²) in [5.74, 6) is -0.125. The third-order valence-corrected chi connectivity index (χ3v) is 4.76. The summed E-state index contributed by atoms with van der Waals surface area (Å²) >= 11 is 0. The van der Waals surface area contributed by atoms with E-state index in [0.29, 0.717) is 11.4 Å². The summed E-state index contributed by atoms with van der Waals surface area (Å²) < 4.78 is 13.2. The van der Waals surface area contributed by atoms with E-state index in [2.05, 4.69) is 15.0 Å². The maximum absolute atomic E-state index is 13.2. The number of hydrogen-bond acceptors (Lipinski definition) is 4. The second-order valence-electron chi connectivity index (χ2n) is 6.97. The number of nitrogens with two attached hydrogens (primary N) is 1. The van der Waals surface area contributed by atoms with Crippen molar-refractivity contribution in [2.45, 2.75) is 6.92 Å². The predicted molar refractivity (Wildman–Crippen MR) is 123 cm³/mol. The van der Waals surface area contributed by atoms with Crippen LogP contribution in [-0.4, -0.2) is 15.0 Å². The van der Waals surface area contributed by atoms with Crippen LogP contribution < -0.4 is 5.73 Å². The summed E-state index contributed by atoms with van der Waals surface area (Å²) in [6, 6.07) is 30.0. The first-order chi connectivity index (χ1) is 15.1. The quantitative estimate of drug-likeness (QED) is 0.262. The number of aryl methyl sites for hydroxylation is 1. The first-order valence-electron chi connectivity index (χ1n) is 9.87. The Labute approximate surface area is 197 Å². The fraction of sp³-hybridized carbons (Fsp3) is 0.0385. The number of nitrogen functional groups attached to an aromatic ring is 1. The molecule has 0 aliphatic rings. The zero-order chi connectivity index (χ0) is 21.6. The summed E-state index contributed by atoms with van der Waals surface area (Å²) in [6.07, 6.45) is 0. The Hall–Kier alpha value is -3.60. The van der Waals surface area contributed by atoms with Crippen molar-refractivity contribution in [3.63, 3.8) is 0 Å². The SMILES string of the molecule is Cc1nc(-[c-]2cccc2)ccc1-c1cc(-c2ccc(F)cc2)nc(N)n1.[Fe+2].c1cc[cH-]c1. The molecule has 0 radical (unpaired) electrons. The Bertz CT molecular complexity index is 1230. The van der Waals surface area contributed by atoms with Crippen molar-refractivity contribution < 1.29 is 21.5 Å². The predicted octanol–water partition coefficient (Wildman–Crippen LogP) is 6.02. The molecule has 4 nitrogen and oxygen atoms in total.